The van der Waals surface area contributed by atoms with E-state index in [2.05, 4.69) is 37.8 Å². The first-order chi connectivity index (χ1) is 9.06. The molecule has 3 heteroatoms. The van der Waals surface area contributed by atoms with Crippen LogP contribution in [0.2, 0.25) is 0 Å². The van der Waals surface area contributed by atoms with Gasteiger partial charge in [-0.2, -0.15) is 0 Å². The molecule has 104 valence electrons. The van der Waals surface area contributed by atoms with Gasteiger partial charge in [-0.1, -0.05) is 38.1 Å². The van der Waals surface area contributed by atoms with Crippen LogP contribution in [0.15, 0.2) is 30.3 Å². The third-order valence-electron chi connectivity index (χ3n) is 3.40. The number of hydrogen-bond donors (Lipinski definition) is 1. The maximum atomic E-state index is 10.4. The summed E-state index contributed by atoms with van der Waals surface area (Å²) < 4.78 is 0. The molecule has 0 spiro atoms. The van der Waals surface area contributed by atoms with Crippen LogP contribution in [0.4, 0.5) is 0 Å². The van der Waals surface area contributed by atoms with Crippen LogP contribution in [-0.2, 0) is 11.3 Å². The van der Waals surface area contributed by atoms with Crippen molar-refractivity contribution in [1.29, 1.82) is 0 Å². The Labute approximate surface area is 115 Å². The van der Waals surface area contributed by atoms with Gasteiger partial charge < -0.3 is 5.11 Å². The van der Waals surface area contributed by atoms with Crippen LogP contribution in [0.5, 0.6) is 0 Å². The van der Waals surface area contributed by atoms with Gasteiger partial charge in [0.1, 0.15) is 0 Å². The molecule has 0 aliphatic heterocycles. The summed E-state index contributed by atoms with van der Waals surface area (Å²) in [7, 11) is 0. The largest absolute Gasteiger partial charge is 0.478 e. The molecule has 1 aromatic carbocycles. The van der Waals surface area contributed by atoms with E-state index >= 15 is 0 Å². The maximum absolute atomic E-state index is 10.4. The van der Waals surface area contributed by atoms with Crippen molar-refractivity contribution >= 4 is 12.0 Å². The number of aliphatic carboxylic acids is 1. The topological polar surface area (TPSA) is 40.5 Å². The predicted molar refractivity (Wildman–Crippen MR) is 78.9 cm³/mol. The van der Waals surface area contributed by atoms with Gasteiger partial charge in [-0.05, 0) is 37.1 Å². The van der Waals surface area contributed by atoms with Crippen molar-refractivity contribution in [3.8, 4) is 0 Å². The van der Waals surface area contributed by atoms with E-state index in [1.54, 1.807) is 6.08 Å². The van der Waals surface area contributed by atoms with Gasteiger partial charge in [-0.25, -0.2) is 4.79 Å². The number of rotatable bonds is 7. The van der Waals surface area contributed by atoms with E-state index in [9.17, 15) is 4.79 Å². The lowest BCUT2D eigenvalue weighted by molar-refractivity contribution is -0.131. The number of carbonyl (C=O) groups is 1. The van der Waals surface area contributed by atoms with E-state index in [0.717, 1.165) is 31.1 Å². The zero-order chi connectivity index (χ0) is 14.3. The Bertz CT molecular complexity index is 423. The Morgan fingerprint density at radius 1 is 1.32 bits per heavy atom. The Balaban J connectivity index is 2.68. The van der Waals surface area contributed by atoms with Gasteiger partial charge in [0.05, 0.1) is 0 Å². The molecule has 0 aliphatic carbocycles. The summed E-state index contributed by atoms with van der Waals surface area (Å²) in [5, 5.41) is 8.57. The van der Waals surface area contributed by atoms with Crippen LogP contribution in [0.25, 0.3) is 6.08 Å². The Morgan fingerprint density at radius 2 is 1.95 bits per heavy atom. The van der Waals surface area contributed by atoms with Crippen molar-refractivity contribution < 1.29 is 9.90 Å². The highest BCUT2D eigenvalue weighted by Gasteiger charge is 2.09. The first kappa shape index (κ1) is 15.4. The lowest BCUT2D eigenvalue weighted by atomic mass is 10.1. The molecule has 3 nitrogen and oxygen atoms in total. The van der Waals surface area contributed by atoms with Crippen LogP contribution in [0.1, 0.15) is 38.3 Å². The molecule has 1 rings (SSSR count). The van der Waals surface area contributed by atoms with Crippen LogP contribution < -0.4 is 0 Å². The monoisotopic (exact) mass is 261 g/mol. The smallest absolute Gasteiger partial charge is 0.328 e. The average Bonchev–Trinajstić information content (AvgIpc) is 2.42. The van der Waals surface area contributed by atoms with Crippen molar-refractivity contribution in [2.45, 2.75) is 39.8 Å². The summed E-state index contributed by atoms with van der Waals surface area (Å²) in [6.45, 7) is 8.60. The van der Waals surface area contributed by atoms with Crippen LogP contribution in [0, 0.1) is 0 Å². The van der Waals surface area contributed by atoms with Crippen LogP contribution >= 0.6 is 0 Å². The SMILES string of the molecule is CCC(C)N(CC)Cc1ccc(/C=C/C(=O)O)cc1. The number of carboxylic acid groups (broad SMARTS) is 1. The minimum atomic E-state index is -0.919. The average molecular weight is 261 g/mol. The minimum absolute atomic E-state index is 0.580. The molecule has 0 aliphatic rings. The fourth-order valence-electron chi connectivity index (χ4n) is 1.97. The van der Waals surface area contributed by atoms with Gasteiger partial charge >= 0.3 is 5.97 Å². The molecular formula is C16H23NO2. The first-order valence-corrected chi connectivity index (χ1v) is 6.80. The second-order valence-electron chi connectivity index (χ2n) is 4.73. The summed E-state index contributed by atoms with van der Waals surface area (Å²) in [4.78, 5) is 12.9. The van der Waals surface area contributed by atoms with Gasteiger partial charge in [-0.3, -0.25) is 4.90 Å². The Hall–Kier alpha value is -1.61. The van der Waals surface area contributed by atoms with E-state index < -0.39 is 5.97 Å². The Kier molecular flexibility index (Phi) is 6.30. The molecule has 19 heavy (non-hydrogen) atoms. The molecule has 0 amide bonds. The molecule has 0 saturated carbocycles. The van der Waals surface area contributed by atoms with E-state index in [1.165, 1.54) is 5.56 Å². The van der Waals surface area contributed by atoms with Crippen molar-refractivity contribution in [3.63, 3.8) is 0 Å². The summed E-state index contributed by atoms with van der Waals surface area (Å²) in [5.74, 6) is -0.919. The molecule has 0 bridgehead atoms. The van der Waals surface area contributed by atoms with Gasteiger partial charge in [-0.15, -0.1) is 0 Å². The second-order valence-corrected chi connectivity index (χ2v) is 4.73. The molecular weight excluding hydrogens is 238 g/mol. The standard InChI is InChI=1S/C16H23NO2/c1-4-13(3)17(5-2)12-15-8-6-14(7-9-15)10-11-16(18)19/h6-11,13H,4-5,12H2,1-3H3,(H,18,19)/b11-10+. The summed E-state index contributed by atoms with van der Waals surface area (Å²) in [6.07, 6.45) is 3.91. The molecule has 1 N–H and O–H groups in total. The van der Waals surface area contributed by atoms with Gasteiger partial charge in [0, 0.05) is 18.7 Å². The van der Waals surface area contributed by atoms with Gasteiger partial charge in [0.15, 0.2) is 0 Å². The predicted octanol–water partition coefficient (Wildman–Crippen LogP) is 3.40. The van der Waals surface area contributed by atoms with Crippen molar-refractivity contribution in [3.05, 3.63) is 41.5 Å². The maximum Gasteiger partial charge on any atom is 0.328 e. The highest BCUT2D eigenvalue weighted by molar-refractivity contribution is 5.85. The third kappa shape index (κ3) is 5.26. The summed E-state index contributed by atoms with van der Waals surface area (Å²) in [6, 6.07) is 8.62. The third-order valence-corrected chi connectivity index (χ3v) is 3.40. The highest BCUT2D eigenvalue weighted by Crippen LogP contribution is 2.12. The lowest BCUT2D eigenvalue weighted by Gasteiger charge is -2.26. The van der Waals surface area contributed by atoms with E-state index in [-0.39, 0.29) is 0 Å². The lowest BCUT2D eigenvalue weighted by Crippen LogP contribution is -2.31. The molecule has 1 aromatic rings. The second kappa shape index (κ2) is 7.74. The van der Waals surface area contributed by atoms with Crippen molar-refractivity contribution in [2.75, 3.05) is 6.54 Å². The van der Waals surface area contributed by atoms with E-state index in [4.69, 9.17) is 5.11 Å². The molecule has 1 unspecified atom stereocenters. The highest BCUT2D eigenvalue weighted by atomic mass is 16.4. The van der Waals surface area contributed by atoms with E-state index in [1.807, 2.05) is 12.1 Å². The molecule has 0 aromatic heterocycles. The van der Waals surface area contributed by atoms with Crippen LogP contribution in [-0.4, -0.2) is 28.6 Å². The normalized spacial score (nSPS) is 13.1. The minimum Gasteiger partial charge on any atom is -0.478 e. The number of nitrogens with zero attached hydrogens (tertiary/aromatic N) is 1. The zero-order valence-electron chi connectivity index (χ0n) is 12.0. The molecule has 0 fully saturated rings. The molecule has 1 atom stereocenters. The molecule has 0 heterocycles. The van der Waals surface area contributed by atoms with Crippen molar-refractivity contribution in [1.82, 2.24) is 4.90 Å². The summed E-state index contributed by atoms with van der Waals surface area (Å²) in [5.41, 5.74) is 2.17. The molecule has 0 saturated heterocycles. The summed E-state index contributed by atoms with van der Waals surface area (Å²) >= 11 is 0. The number of carboxylic acids is 1. The van der Waals surface area contributed by atoms with E-state index in [0.29, 0.717) is 6.04 Å². The Morgan fingerprint density at radius 3 is 2.42 bits per heavy atom. The van der Waals surface area contributed by atoms with Crippen LogP contribution in [0.3, 0.4) is 0 Å². The van der Waals surface area contributed by atoms with Gasteiger partial charge in [0.2, 0.25) is 0 Å². The fraction of sp³-hybridized carbons (Fsp3) is 0.438. The molecule has 0 radical (unpaired) electrons. The first-order valence-electron chi connectivity index (χ1n) is 6.80. The quantitative estimate of drug-likeness (QED) is 0.765. The number of benzene rings is 1. The fourth-order valence-corrected chi connectivity index (χ4v) is 1.97. The zero-order valence-corrected chi connectivity index (χ0v) is 12.0. The van der Waals surface area contributed by atoms with Gasteiger partial charge in [0.25, 0.3) is 0 Å². The van der Waals surface area contributed by atoms with Crippen molar-refractivity contribution in [2.24, 2.45) is 0 Å². The number of hydrogen-bond acceptors (Lipinski definition) is 2.